The predicted octanol–water partition coefficient (Wildman–Crippen LogP) is 3.98. The van der Waals surface area contributed by atoms with E-state index in [1.807, 2.05) is 18.5 Å². The van der Waals surface area contributed by atoms with Crippen molar-refractivity contribution in [2.45, 2.75) is 52.0 Å². The highest BCUT2D eigenvalue weighted by atomic mass is 15.0. The van der Waals surface area contributed by atoms with Crippen LogP contribution in [0.5, 0.6) is 0 Å². The Morgan fingerprint density at radius 3 is 2.72 bits per heavy atom. The van der Waals surface area contributed by atoms with Gasteiger partial charge in [-0.3, -0.25) is 0 Å². The average molecular weight is 245 g/mol. The number of benzene rings is 1. The van der Waals surface area contributed by atoms with Gasteiger partial charge >= 0.3 is 0 Å². The molecule has 0 fully saturated rings. The number of aromatic nitrogens is 2. The Labute approximate surface area is 109 Å². The first-order valence-corrected chi connectivity index (χ1v) is 7.01. The Morgan fingerprint density at radius 1 is 1.11 bits per heavy atom. The summed E-state index contributed by atoms with van der Waals surface area (Å²) in [5, 5.41) is 0. The average Bonchev–Trinajstić information content (AvgIpc) is 2.76. The molecule has 3 nitrogen and oxygen atoms in total. The van der Waals surface area contributed by atoms with Crippen molar-refractivity contribution in [3.05, 3.63) is 24.5 Å². The lowest BCUT2D eigenvalue weighted by Gasteiger charge is -2.04. The van der Waals surface area contributed by atoms with Crippen molar-refractivity contribution in [3.8, 4) is 0 Å². The number of rotatable bonds is 7. The van der Waals surface area contributed by atoms with E-state index in [4.69, 9.17) is 5.73 Å². The second kappa shape index (κ2) is 6.43. The van der Waals surface area contributed by atoms with E-state index in [1.165, 1.54) is 44.0 Å². The Morgan fingerprint density at radius 2 is 1.89 bits per heavy atom. The summed E-state index contributed by atoms with van der Waals surface area (Å²) in [4.78, 5) is 4.39. The van der Waals surface area contributed by atoms with E-state index in [0.717, 1.165) is 17.7 Å². The molecule has 1 heterocycles. The largest absolute Gasteiger partial charge is 0.399 e. The monoisotopic (exact) mass is 245 g/mol. The third kappa shape index (κ3) is 3.25. The minimum Gasteiger partial charge on any atom is -0.399 e. The molecule has 2 N–H and O–H groups in total. The molecule has 0 saturated heterocycles. The summed E-state index contributed by atoms with van der Waals surface area (Å²) in [6.45, 7) is 3.32. The molecule has 3 heteroatoms. The summed E-state index contributed by atoms with van der Waals surface area (Å²) in [5.41, 5.74) is 8.73. The maximum absolute atomic E-state index is 5.75. The molecule has 98 valence electrons. The first kappa shape index (κ1) is 12.9. The summed E-state index contributed by atoms with van der Waals surface area (Å²) >= 11 is 0. The van der Waals surface area contributed by atoms with Crippen molar-refractivity contribution in [2.75, 3.05) is 5.73 Å². The van der Waals surface area contributed by atoms with Crippen molar-refractivity contribution in [3.63, 3.8) is 0 Å². The summed E-state index contributed by atoms with van der Waals surface area (Å²) in [6, 6.07) is 5.95. The smallest absolute Gasteiger partial charge is 0.0958 e. The highest BCUT2D eigenvalue weighted by molar-refractivity contribution is 5.78. The Hall–Kier alpha value is -1.51. The van der Waals surface area contributed by atoms with Gasteiger partial charge in [-0.15, -0.1) is 0 Å². The van der Waals surface area contributed by atoms with Gasteiger partial charge in [0.2, 0.25) is 0 Å². The number of nitrogen functional groups attached to an aromatic ring is 1. The van der Waals surface area contributed by atoms with Gasteiger partial charge in [-0.2, -0.15) is 0 Å². The van der Waals surface area contributed by atoms with Crippen molar-refractivity contribution >= 4 is 16.7 Å². The number of anilines is 1. The van der Waals surface area contributed by atoms with Crippen LogP contribution in [0.4, 0.5) is 5.69 Å². The third-order valence-corrected chi connectivity index (χ3v) is 3.40. The molecule has 0 radical (unpaired) electrons. The van der Waals surface area contributed by atoms with Gasteiger partial charge in [0.25, 0.3) is 0 Å². The Kier molecular flexibility index (Phi) is 4.62. The first-order chi connectivity index (χ1) is 8.81. The van der Waals surface area contributed by atoms with E-state index in [-0.39, 0.29) is 0 Å². The molecule has 2 rings (SSSR count). The van der Waals surface area contributed by atoms with Crippen molar-refractivity contribution in [2.24, 2.45) is 0 Å². The number of fused-ring (bicyclic) bond motifs is 1. The molecule has 0 amide bonds. The number of nitrogens with zero attached hydrogens (tertiary/aromatic N) is 2. The van der Waals surface area contributed by atoms with E-state index >= 15 is 0 Å². The van der Waals surface area contributed by atoms with Crippen LogP contribution < -0.4 is 5.73 Å². The van der Waals surface area contributed by atoms with E-state index in [2.05, 4.69) is 22.5 Å². The van der Waals surface area contributed by atoms with Crippen LogP contribution in [0.25, 0.3) is 11.0 Å². The molecule has 2 aromatic rings. The molecule has 0 atom stereocenters. The minimum atomic E-state index is 0.785. The summed E-state index contributed by atoms with van der Waals surface area (Å²) < 4.78 is 2.23. The van der Waals surface area contributed by atoms with Gasteiger partial charge in [0, 0.05) is 12.2 Å². The topological polar surface area (TPSA) is 43.8 Å². The van der Waals surface area contributed by atoms with Crippen LogP contribution in [0.2, 0.25) is 0 Å². The molecule has 0 bridgehead atoms. The third-order valence-electron chi connectivity index (χ3n) is 3.40. The maximum Gasteiger partial charge on any atom is 0.0958 e. The highest BCUT2D eigenvalue weighted by Crippen LogP contribution is 2.17. The fourth-order valence-electron chi connectivity index (χ4n) is 2.32. The number of imidazole rings is 1. The van der Waals surface area contributed by atoms with Crippen LogP contribution >= 0.6 is 0 Å². The van der Waals surface area contributed by atoms with Crippen LogP contribution in [0.15, 0.2) is 24.5 Å². The van der Waals surface area contributed by atoms with Gasteiger partial charge in [0.15, 0.2) is 0 Å². The quantitative estimate of drug-likeness (QED) is 0.592. The van der Waals surface area contributed by atoms with Crippen molar-refractivity contribution in [1.82, 2.24) is 9.55 Å². The van der Waals surface area contributed by atoms with E-state index in [0.29, 0.717) is 0 Å². The normalized spacial score (nSPS) is 11.2. The second-order valence-corrected chi connectivity index (χ2v) is 4.95. The Balaban J connectivity index is 1.84. The van der Waals surface area contributed by atoms with Gasteiger partial charge in [-0.25, -0.2) is 4.98 Å². The zero-order valence-corrected chi connectivity index (χ0v) is 11.2. The number of nitrogens with two attached hydrogens (primary N) is 1. The van der Waals surface area contributed by atoms with Gasteiger partial charge in [-0.1, -0.05) is 39.0 Å². The lowest BCUT2D eigenvalue weighted by Crippen LogP contribution is -1.96. The van der Waals surface area contributed by atoms with Crippen molar-refractivity contribution in [1.29, 1.82) is 0 Å². The van der Waals surface area contributed by atoms with Gasteiger partial charge in [0.05, 0.1) is 17.4 Å². The summed E-state index contributed by atoms with van der Waals surface area (Å²) in [6.07, 6.45) is 9.89. The van der Waals surface area contributed by atoms with Crippen LogP contribution in [-0.2, 0) is 6.54 Å². The fourth-order valence-corrected chi connectivity index (χ4v) is 2.32. The number of aryl methyl sites for hydroxylation is 1. The van der Waals surface area contributed by atoms with E-state index in [1.54, 1.807) is 0 Å². The molecule has 0 saturated carbocycles. The SMILES string of the molecule is CCCCCCCCn1cnc2cc(N)ccc21. The van der Waals surface area contributed by atoms with Crippen molar-refractivity contribution < 1.29 is 0 Å². The van der Waals surface area contributed by atoms with Crippen LogP contribution in [0.3, 0.4) is 0 Å². The zero-order valence-electron chi connectivity index (χ0n) is 11.2. The lowest BCUT2D eigenvalue weighted by atomic mass is 10.1. The lowest BCUT2D eigenvalue weighted by molar-refractivity contribution is 0.564. The molecule has 0 unspecified atom stereocenters. The van der Waals surface area contributed by atoms with E-state index < -0.39 is 0 Å². The highest BCUT2D eigenvalue weighted by Gasteiger charge is 2.02. The maximum atomic E-state index is 5.75. The second-order valence-electron chi connectivity index (χ2n) is 4.95. The summed E-state index contributed by atoms with van der Waals surface area (Å²) in [5.74, 6) is 0. The summed E-state index contributed by atoms with van der Waals surface area (Å²) in [7, 11) is 0. The first-order valence-electron chi connectivity index (χ1n) is 7.01. The fraction of sp³-hybridized carbons (Fsp3) is 0.533. The molecule has 0 spiro atoms. The molecule has 0 aliphatic heterocycles. The van der Waals surface area contributed by atoms with Crippen LogP contribution in [-0.4, -0.2) is 9.55 Å². The Bertz CT molecular complexity index is 487. The number of hydrogen-bond donors (Lipinski definition) is 1. The standard InChI is InChI=1S/C15H23N3/c1-2-3-4-5-6-7-10-18-12-17-14-11-13(16)8-9-15(14)18/h8-9,11-12H,2-7,10,16H2,1H3. The molecule has 0 aliphatic carbocycles. The molecule has 18 heavy (non-hydrogen) atoms. The predicted molar refractivity (Wildman–Crippen MR) is 77.5 cm³/mol. The van der Waals surface area contributed by atoms with Gasteiger partial charge < -0.3 is 10.3 Å². The minimum absolute atomic E-state index is 0.785. The zero-order chi connectivity index (χ0) is 12.8. The molecule has 0 aliphatic rings. The molecular weight excluding hydrogens is 222 g/mol. The molecule has 1 aromatic carbocycles. The van der Waals surface area contributed by atoms with E-state index in [9.17, 15) is 0 Å². The van der Waals surface area contributed by atoms with Gasteiger partial charge in [-0.05, 0) is 24.6 Å². The van der Waals surface area contributed by atoms with Gasteiger partial charge in [0.1, 0.15) is 0 Å². The molecular formula is C15H23N3. The molecule has 1 aromatic heterocycles. The number of hydrogen-bond acceptors (Lipinski definition) is 2. The van der Waals surface area contributed by atoms with Crippen LogP contribution in [0.1, 0.15) is 45.4 Å². The number of unbranched alkanes of at least 4 members (excludes halogenated alkanes) is 5. The van der Waals surface area contributed by atoms with Crippen LogP contribution in [0, 0.1) is 0 Å².